The molecular weight excluding hydrogens is 222 g/mol. The molecule has 0 unspecified atom stereocenters. The van der Waals surface area contributed by atoms with Crippen molar-refractivity contribution in [1.82, 2.24) is 4.98 Å². The Kier molecular flexibility index (Phi) is 4.61. The summed E-state index contributed by atoms with van der Waals surface area (Å²) in [6.45, 7) is 4.34. The predicted octanol–water partition coefficient (Wildman–Crippen LogP) is 1.90. The second-order valence-electron chi connectivity index (χ2n) is 4.01. The molecule has 0 bridgehead atoms. The first-order valence-corrected chi connectivity index (χ1v) is 6.17. The topological polar surface area (TPSA) is 82.0 Å². The molecule has 1 amide bonds. The molecule has 5 heteroatoms. The molecule has 0 aliphatic heterocycles. The molecule has 4 nitrogen and oxygen atoms in total. The Bertz CT molecular complexity index is 379. The first-order valence-electron chi connectivity index (χ1n) is 5.19. The van der Waals surface area contributed by atoms with Gasteiger partial charge >= 0.3 is 0 Å². The van der Waals surface area contributed by atoms with Crippen LogP contribution in [0.3, 0.4) is 0 Å². The Morgan fingerprint density at radius 3 is 2.81 bits per heavy atom. The Balaban J connectivity index is 2.68. The summed E-state index contributed by atoms with van der Waals surface area (Å²) in [7, 11) is 0. The SMILES string of the molecule is CC(C)CCSc1cc(C(N)=O)c(N)cn1. The van der Waals surface area contributed by atoms with Crippen molar-refractivity contribution < 1.29 is 4.79 Å². The Labute approximate surface area is 99.8 Å². The van der Waals surface area contributed by atoms with Crippen LogP contribution in [-0.2, 0) is 0 Å². The molecule has 0 aliphatic rings. The summed E-state index contributed by atoms with van der Waals surface area (Å²) in [5.74, 6) is 1.13. The Morgan fingerprint density at radius 2 is 2.25 bits per heavy atom. The zero-order valence-corrected chi connectivity index (χ0v) is 10.4. The van der Waals surface area contributed by atoms with Crippen molar-refractivity contribution in [3.05, 3.63) is 17.8 Å². The van der Waals surface area contributed by atoms with Gasteiger partial charge in [0, 0.05) is 0 Å². The van der Waals surface area contributed by atoms with E-state index in [1.807, 2.05) is 0 Å². The second-order valence-corrected chi connectivity index (χ2v) is 5.12. The predicted molar refractivity (Wildman–Crippen MR) is 67.3 cm³/mol. The van der Waals surface area contributed by atoms with Crippen LogP contribution in [0, 0.1) is 5.92 Å². The van der Waals surface area contributed by atoms with Crippen LogP contribution in [-0.4, -0.2) is 16.6 Å². The third-order valence-electron chi connectivity index (χ3n) is 2.12. The lowest BCUT2D eigenvalue weighted by Gasteiger charge is -2.06. The molecule has 1 aromatic heterocycles. The van der Waals surface area contributed by atoms with E-state index >= 15 is 0 Å². The summed E-state index contributed by atoms with van der Waals surface area (Å²) in [6, 6.07) is 1.66. The van der Waals surface area contributed by atoms with E-state index < -0.39 is 5.91 Å². The number of rotatable bonds is 5. The summed E-state index contributed by atoms with van der Waals surface area (Å²) in [6.07, 6.45) is 2.60. The highest BCUT2D eigenvalue weighted by Crippen LogP contribution is 2.21. The largest absolute Gasteiger partial charge is 0.397 e. The van der Waals surface area contributed by atoms with Crippen LogP contribution in [0.4, 0.5) is 5.69 Å². The van der Waals surface area contributed by atoms with Crippen molar-refractivity contribution >= 4 is 23.4 Å². The molecule has 0 aliphatic carbocycles. The maximum Gasteiger partial charge on any atom is 0.250 e. The lowest BCUT2D eigenvalue weighted by molar-refractivity contribution is 0.100. The lowest BCUT2D eigenvalue weighted by Crippen LogP contribution is -2.14. The van der Waals surface area contributed by atoms with E-state index in [1.54, 1.807) is 17.8 Å². The summed E-state index contributed by atoms with van der Waals surface area (Å²) in [5, 5.41) is 0.795. The number of anilines is 1. The minimum Gasteiger partial charge on any atom is -0.397 e. The molecule has 1 heterocycles. The van der Waals surface area contributed by atoms with Gasteiger partial charge in [-0.3, -0.25) is 4.79 Å². The van der Waals surface area contributed by atoms with Gasteiger partial charge < -0.3 is 11.5 Å². The van der Waals surface area contributed by atoms with Gasteiger partial charge in [0.25, 0.3) is 5.91 Å². The maximum absolute atomic E-state index is 11.1. The molecule has 0 radical (unpaired) electrons. The van der Waals surface area contributed by atoms with Crippen molar-refractivity contribution in [1.29, 1.82) is 0 Å². The number of carbonyl (C=O) groups is 1. The summed E-state index contributed by atoms with van der Waals surface area (Å²) in [5.41, 5.74) is 11.5. The zero-order chi connectivity index (χ0) is 12.1. The number of aromatic nitrogens is 1. The number of nitrogens with zero attached hydrogens (tertiary/aromatic N) is 1. The minimum absolute atomic E-state index is 0.334. The zero-order valence-electron chi connectivity index (χ0n) is 9.56. The average Bonchev–Trinajstić information content (AvgIpc) is 2.19. The molecule has 1 aromatic rings. The molecule has 0 aromatic carbocycles. The number of thioether (sulfide) groups is 1. The number of amides is 1. The summed E-state index contributed by atoms with van der Waals surface area (Å²) in [4.78, 5) is 15.2. The van der Waals surface area contributed by atoms with E-state index in [2.05, 4.69) is 18.8 Å². The van der Waals surface area contributed by atoms with Gasteiger partial charge in [0.2, 0.25) is 0 Å². The highest BCUT2D eigenvalue weighted by molar-refractivity contribution is 7.99. The quantitative estimate of drug-likeness (QED) is 0.769. The molecule has 4 N–H and O–H groups in total. The van der Waals surface area contributed by atoms with Gasteiger partial charge in [0.1, 0.15) is 0 Å². The monoisotopic (exact) mass is 239 g/mol. The third kappa shape index (κ3) is 3.73. The van der Waals surface area contributed by atoms with E-state index in [1.165, 1.54) is 6.20 Å². The maximum atomic E-state index is 11.1. The fraction of sp³-hybridized carbons (Fsp3) is 0.455. The summed E-state index contributed by atoms with van der Waals surface area (Å²) >= 11 is 1.61. The standard InChI is InChI=1S/C11H17N3OS/c1-7(2)3-4-16-10-5-8(11(13)15)9(12)6-14-10/h5-7H,3-4,12H2,1-2H3,(H2,13,15). The van der Waals surface area contributed by atoms with Crippen LogP contribution in [0.15, 0.2) is 17.3 Å². The van der Waals surface area contributed by atoms with Crippen molar-refractivity contribution in [3.63, 3.8) is 0 Å². The molecule has 0 atom stereocenters. The fourth-order valence-corrected chi connectivity index (χ4v) is 2.27. The number of hydrogen-bond donors (Lipinski definition) is 2. The van der Waals surface area contributed by atoms with Crippen LogP contribution in [0.1, 0.15) is 30.6 Å². The number of nitrogens with two attached hydrogens (primary N) is 2. The van der Waals surface area contributed by atoms with Crippen molar-refractivity contribution in [2.24, 2.45) is 11.7 Å². The van der Waals surface area contributed by atoms with E-state index in [9.17, 15) is 4.79 Å². The average molecular weight is 239 g/mol. The molecule has 88 valence electrons. The first-order chi connectivity index (χ1) is 7.50. The Morgan fingerprint density at radius 1 is 1.56 bits per heavy atom. The first kappa shape index (κ1) is 12.8. The Hall–Kier alpha value is -1.23. The molecule has 0 saturated heterocycles. The van der Waals surface area contributed by atoms with E-state index in [-0.39, 0.29) is 0 Å². The molecule has 1 rings (SSSR count). The number of hydrogen-bond acceptors (Lipinski definition) is 4. The van der Waals surface area contributed by atoms with Gasteiger partial charge in [-0.1, -0.05) is 13.8 Å². The van der Waals surface area contributed by atoms with Crippen molar-refractivity contribution in [2.45, 2.75) is 25.3 Å². The molecule has 0 saturated carbocycles. The van der Waals surface area contributed by atoms with Gasteiger partial charge in [-0.15, -0.1) is 11.8 Å². The molecule has 0 spiro atoms. The van der Waals surface area contributed by atoms with E-state index in [0.717, 1.165) is 17.2 Å². The number of nitrogen functional groups attached to an aromatic ring is 1. The van der Waals surface area contributed by atoms with Crippen LogP contribution in [0.2, 0.25) is 0 Å². The van der Waals surface area contributed by atoms with Crippen LogP contribution in [0.25, 0.3) is 0 Å². The van der Waals surface area contributed by atoms with Gasteiger partial charge in [-0.2, -0.15) is 0 Å². The molecule has 16 heavy (non-hydrogen) atoms. The lowest BCUT2D eigenvalue weighted by atomic mass is 10.2. The number of carbonyl (C=O) groups excluding carboxylic acids is 1. The highest BCUT2D eigenvalue weighted by atomic mass is 32.2. The van der Waals surface area contributed by atoms with E-state index in [0.29, 0.717) is 17.2 Å². The number of primary amides is 1. The number of pyridine rings is 1. The van der Waals surface area contributed by atoms with Crippen molar-refractivity contribution in [2.75, 3.05) is 11.5 Å². The van der Waals surface area contributed by atoms with Crippen LogP contribution < -0.4 is 11.5 Å². The van der Waals surface area contributed by atoms with Crippen molar-refractivity contribution in [3.8, 4) is 0 Å². The minimum atomic E-state index is -0.509. The smallest absolute Gasteiger partial charge is 0.250 e. The fourth-order valence-electron chi connectivity index (χ4n) is 1.14. The highest BCUT2D eigenvalue weighted by Gasteiger charge is 2.08. The molecule has 0 fully saturated rings. The molecular formula is C11H17N3OS. The van der Waals surface area contributed by atoms with Crippen LogP contribution >= 0.6 is 11.8 Å². The second kappa shape index (κ2) is 5.75. The van der Waals surface area contributed by atoms with Gasteiger partial charge in [0.05, 0.1) is 22.5 Å². The third-order valence-corrected chi connectivity index (χ3v) is 3.08. The van der Waals surface area contributed by atoms with Gasteiger partial charge in [-0.25, -0.2) is 4.98 Å². The van der Waals surface area contributed by atoms with Crippen LogP contribution in [0.5, 0.6) is 0 Å². The van der Waals surface area contributed by atoms with E-state index in [4.69, 9.17) is 11.5 Å². The normalized spacial score (nSPS) is 10.7. The summed E-state index contributed by atoms with van der Waals surface area (Å²) < 4.78 is 0. The van der Waals surface area contributed by atoms with Gasteiger partial charge in [-0.05, 0) is 24.2 Å². The van der Waals surface area contributed by atoms with Gasteiger partial charge in [0.15, 0.2) is 0 Å².